The maximum absolute atomic E-state index is 13.2. The highest BCUT2D eigenvalue weighted by molar-refractivity contribution is 7.89. The van der Waals surface area contributed by atoms with Gasteiger partial charge in [0, 0.05) is 9.85 Å². The molecule has 0 bridgehead atoms. The molecule has 2 aliphatic rings. The summed E-state index contributed by atoms with van der Waals surface area (Å²) < 4.78 is 54.2. The zero-order chi connectivity index (χ0) is 25.1. The van der Waals surface area contributed by atoms with Gasteiger partial charge in [0.25, 0.3) is 0 Å². The summed E-state index contributed by atoms with van der Waals surface area (Å²) in [6, 6.07) is 11.5. The third-order valence-corrected chi connectivity index (χ3v) is 10.2. The van der Waals surface area contributed by atoms with Gasteiger partial charge in [0.15, 0.2) is 0 Å². The van der Waals surface area contributed by atoms with E-state index in [4.69, 9.17) is 0 Å². The predicted octanol–water partition coefficient (Wildman–Crippen LogP) is 1.04. The van der Waals surface area contributed by atoms with Crippen LogP contribution in [0.5, 0.6) is 0 Å². The van der Waals surface area contributed by atoms with E-state index >= 15 is 0 Å². The molecular formula is C20H22N4O8S2. The molecule has 0 saturated carbocycles. The van der Waals surface area contributed by atoms with Gasteiger partial charge < -0.3 is 0 Å². The highest BCUT2D eigenvalue weighted by Gasteiger charge is 2.82. The number of nitro groups is 2. The average Bonchev–Trinajstić information content (AvgIpc) is 3.28. The molecule has 2 aliphatic heterocycles. The van der Waals surface area contributed by atoms with Crippen molar-refractivity contribution in [3.8, 4) is 0 Å². The van der Waals surface area contributed by atoms with Crippen molar-refractivity contribution in [3.05, 3.63) is 79.9 Å². The van der Waals surface area contributed by atoms with Crippen LogP contribution in [0.15, 0.2) is 58.3 Å². The van der Waals surface area contributed by atoms with Crippen molar-refractivity contribution in [2.45, 2.75) is 34.7 Å². The molecule has 0 N–H and O–H groups in total. The van der Waals surface area contributed by atoms with Crippen LogP contribution in [0.2, 0.25) is 0 Å². The molecule has 0 aliphatic carbocycles. The fraction of sp³-hybridized carbons (Fsp3) is 0.400. The van der Waals surface area contributed by atoms with E-state index in [0.717, 1.165) is 19.7 Å². The Morgan fingerprint density at radius 2 is 0.912 bits per heavy atom. The summed E-state index contributed by atoms with van der Waals surface area (Å²) >= 11 is 0. The summed E-state index contributed by atoms with van der Waals surface area (Å²) in [5, 5.41) is 24.6. The van der Waals surface area contributed by atoms with E-state index in [1.54, 1.807) is 38.1 Å². The van der Waals surface area contributed by atoms with Gasteiger partial charge in [-0.05, 0) is 38.1 Å². The molecule has 0 spiro atoms. The van der Waals surface area contributed by atoms with Gasteiger partial charge in [0.1, 0.15) is 0 Å². The Hall–Kier alpha value is -2.94. The van der Waals surface area contributed by atoms with Crippen LogP contribution in [0.4, 0.5) is 0 Å². The van der Waals surface area contributed by atoms with E-state index in [-0.39, 0.29) is 9.79 Å². The van der Waals surface area contributed by atoms with Gasteiger partial charge in [-0.2, -0.15) is 8.61 Å². The minimum absolute atomic E-state index is 0.154. The predicted molar refractivity (Wildman–Crippen MR) is 119 cm³/mol. The Kier molecular flexibility index (Phi) is 5.55. The van der Waals surface area contributed by atoms with Crippen LogP contribution in [0.25, 0.3) is 0 Å². The molecule has 4 rings (SSSR count). The maximum Gasteiger partial charge on any atom is 0.320 e. The highest BCUT2D eigenvalue weighted by atomic mass is 32.2. The zero-order valence-corrected chi connectivity index (χ0v) is 20.0. The smallest absolute Gasteiger partial charge is 0.264 e. The Morgan fingerprint density at radius 3 is 1.15 bits per heavy atom. The molecule has 182 valence electrons. The van der Waals surface area contributed by atoms with E-state index < -0.39 is 67.2 Å². The molecule has 0 amide bonds. The van der Waals surface area contributed by atoms with E-state index in [0.29, 0.717) is 0 Å². The fourth-order valence-corrected chi connectivity index (χ4v) is 7.69. The summed E-state index contributed by atoms with van der Waals surface area (Å²) in [4.78, 5) is 22.5. The minimum atomic E-state index is -4.29. The lowest BCUT2D eigenvalue weighted by Crippen LogP contribution is -2.62. The third kappa shape index (κ3) is 3.40. The van der Waals surface area contributed by atoms with Crippen molar-refractivity contribution in [1.82, 2.24) is 8.61 Å². The Morgan fingerprint density at radius 1 is 0.647 bits per heavy atom. The Bertz CT molecular complexity index is 1250. The first kappa shape index (κ1) is 24.2. The lowest BCUT2D eigenvalue weighted by atomic mass is 9.84. The van der Waals surface area contributed by atoms with Crippen molar-refractivity contribution in [1.29, 1.82) is 0 Å². The minimum Gasteiger partial charge on any atom is -0.264 e. The molecule has 14 heteroatoms. The number of sulfonamides is 2. The molecule has 2 aromatic carbocycles. The third-order valence-electron chi connectivity index (χ3n) is 6.63. The molecule has 0 aromatic heterocycles. The van der Waals surface area contributed by atoms with Crippen molar-refractivity contribution >= 4 is 20.0 Å². The first-order valence-corrected chi connectivity index (χ1v) is 13.1. The van der Waals surface area contributed by atoms with Crippen LogP contribution >= 0.6 is 0 Å². The summed E-state index contributed by atoms with van der Waals surface area (Å²) in [6.07, 6.45) is 0. The standard InChI is InChI=1S/C20H22N4O8S2/c1-15-3-7-17(8-4-15)33(29,30)21-11-19(23(25)26)13-22(14-20(19,12-21)24(27)28)34(31,32)18-9-5-16(2)6-10-18/h3-10H,11-14H2,1-2H3. The number of hydrogen-bond acceptors (Lipinski definition) is 8. The molecule has 2 aromatic rings. The van der Waals surface area contributed by atoms with Gasteiger partial charge in [0.2, 0.25) is 20.0 Å². The number of nitrogens with zero attached hydrogens (tertiary/aromatic N) is 4. The Balaban J connectivity index is 1.77. The fourth-order valence-electron chi connectivity index (χ4n) is 4.60. The van der Waals surface area contributed by atoms with Gasteiger partial charge in [0.05, 0.1) is 36.0 Å². The summed E-state index contributed by atoms with van der Waals surface area (Å²) in [6.45, 7) is 0.217. The summed E-state index contributed by atoms with van der Waals surface area (Å²) in [7, 11) is -8.59. The second kappa shape index (κ2) is 7.80. The van der Waals surface area contributed by atoms with Gasteiger partial charge in [-0.3, -0.25) is 20.2 Å². The normalized spacial score (nSPS) is 25.8. The SMILES string of the molecule is Cc1ccc(S(=O)(=O)N2CC3([N+](=O)[O-])CN(S(=O)(=O)c4ccc(C)cc4)CC3([N+](=O)[O-])C2)cc1. The first-order chi connectivity index (χ1) is 15.8. The summed E-state index contributed by atoms with van der Waals surface area (Å²) in [5.41, 5.74) is -3.33. The van der Waals surface area contributed by atoms with Crippen LogP contribution < -0.4 is 0 Å². The second-order valence-corrected chi connectivity index (χ2v) is 12.6. The largest absolute Gasteiger partial charge is 0.320 e. The van der Waals surface area contributed by atoms with Crippen LogP contribution in [-0.2, 0) is 20.0 Å². The molecule has 0 unspecified atom stereocenters. The van der Waals surface area contributed by atoms with Crippen molar-refractivity contribution in [3.63, 3.8) is 0 Å². The van der Waals surface area contributed by atoms with E-state index in [9.17, 15) is 37.1 Å². The molecule has 0 atom stereocenters. The number of rotatable bonds is 6. The van der Waals surface area contributed by atoms with Gasteiger partial charge in [-0.1, -0.05) is 35.4 Å². The quantitative estimate of drug-likeness (QED) is 0.411. The lowest BCUT2D eigenvalue weighted by Gasteiger charge is -2.22. The van der Waals surface area contributed by atoms with Crippen molar-refractivity contribution in [2.24, 2.45) is 0 Å². The monoisotopic (exact) mass is 510 g/mol. The van der Waals surface area contributed by atoms with Gasteiger partial charge >= 0.3 is 11.1 Å². The van der Waals surface area contributed by atoms with Gasteiger partial charge in [-0.15, -0.1) is 0 Å². The number of fused-ring (bicyclic) bond motifs is 1. The molecule has 2 fully saturated rings. The average molecular weight is 511 g/mol. The molecule has 0 radical (unpaired) electrons. The summed E-state index contributed by atoms with van der Waals surface area (Å²) in [5.74, 6) is 0. The number of hydrogen-bond donors (Lipinski definition) is 0. The first-order valence-electron chi connectivity index (χ1n) is 10.2. The molecule has 12 nitrogen and oxygen atoms in total. The van der Waals surface area contributed by atoms with E-state index in [2.05, 4.69) is 0 Å². The maximum atomic E-state index is 13.2. The van der Waals surface area contributed by atoms with Gasteiger partial charge in [-0.25, -0.2) is 16.8 Å². The van der Waals surface area contributed by atoms with Crippen LogP contribution in [0.3, 0.4) is 0 Å². The van der Waals surface area contributed by atoms with Crippen LogP contribution in [0, 0.1) is 34.1 Å². The molecule has 2 saturated heterocycles. The second-order valence-electron chi connectivity index (χ2n) is 8.75. The van der Waals surface area contributed by atoms with Crippen molar-refractivity contribution in [2.75, 3.05) is 26.2 Å². The van der Waals surface area contributed by atoms with E-state index in [1.165, 1.54) is 24.3 Å². The van der Waals surface area contributed by atoms with Crippen molar-refractivity contribution < 1.29 is 26.7 Å². The number of aryl methyl sites for hydroxylation is 2. The topological polar surface area (TPSA) is 161 Å². The lowest BCUT2D eigenvalue weighted by molar-refractivity contribution is -0.663. The number of benzene rings is 2. The highest BCUT2D eigenvalue weighted by Crippen LogP contribution is 2.46. The van der Waals surface area contributed by atoms with E-state index in [1.807, 2.05) is 0 Å². The molecule has 34 heavy (non-hydrogen) atoms. The van der Waals surface area contributed by atoms with Crippen LogP contribution in [0.1, 0.15) is 11.1 Å². The Labute approximate surface area is 196 Å². The zero-order valence-electron chi connectivity index (χ0n) is 18.3. The molecular weight excluding hydrogens is 488 g/mol. The van der Waals surface area contributed by atoms with Crippen LogP contribution in [-0.4, -0.2) is 72.5 Å². The molecule has 2 heterocycles.